The van der Waals surface area contributed by atoms with Gasteiger partial charge >= 0.3 is 0 Å². The minimum Gasteiger partial charge on any atom is -0.377 e. The highest BCUT2D eigenvalue weighted by atomic mass is 16.5. The Hall–Kier alpha value is -1.39. The van der Waals surface area contributed by atoms with Crippen molar-refractivity contribution >= 4 is 5.91 Å². The number of likely N-dealkylation sites (tertiary alicyclic amines) is 1. The third-order valence-electron chi connectivity index (χ3n) is 3.97. The van der Waals surface area contributed by atoms with E-state index in [1.807, 2.05) is 19.1 Å². The van der Waals surface area contributed by atoms with E-state index < -0.39 is 0 Å². The number of aryl methyl sites for hydroxylation is 1. The first-order valence-electron chi connectivity index (χ1n) is 7.84. The summed E-state index contributed by atoms with van der Waals surface area (Å²) in [6, 6.07) is 8.15. The van der Waals surface area contributed by atoms with Gasteiger partial charge in [-0.05, 0) is 44.4 Å². The molecule has 21 heavy (non-hydrogen) atoms. The van der Waals surface area contributed by atoms with Crippen molar-refractivity contribution < 1.29 is 9.53 Å². The van der Waals surface area contributed by atoms with Gasteiger partial charge in [-0.3, -0.25) is 9.69 Å². The molecule has 0 saturated carbocycles. The molecule has 1 aromatic rings. The number of carbonyl (C=O) groups is 1. The molecule has 0 spiro atoms. The molecule has 0 aliphatic carbocycles. The monoisotopic (exact) mass is 290 g/mol. The quantitative estimate of drug-likeness (QED) is 0.872. The summed E-state index contributed by atoms with van der Waals surface area (Å²) >= 11 is 0. The van der Waals surface area contributed by atoms with Gasteiger partial charge in [0.1, 0.15) is 0 Å². The first-order valence-corrected chi connectivity index (χ1v) is 7.84. The number of benzene rings is 1. The number of piperidine rings is 1. The van der Waals surface area contributed by atoms with Crippen LogP contribution in [0.15, 0.2) is 24.3 Å². The summed E-state index contributed by atoms with van der Waals surface area (Å²) in [5, 5.41) is 3.01. The maximum absolute atomic E-state index is 12.1. The maximum atomic E-state index is 12.1. The lowest BCUT2D eigenvalue weighted by Gasteiger charge is -2.31. The van der Waals surface area contributed by atoms with Crippen molar-refractivity contribution in [1.82, 2.24) is 10.2 Å². The fraction of sp³-hybridized carbons (Fsp3) is 0.588. The van der Waals surface area contributed by atoms with E-state index in [1.54, 1.807) is 0 Å². The molecule has 1 amide bonds. The zero-order valence-corrected chi connectivity index (χ0v) is 13.1. The first kappa shape index (κ1) is 16.0. The van der Waals surface area contributed by atoms with Gasteiger partial charge in [-0.15, -0.1) is 0 Å². The third-order valence-corrected chi connectivity index (χ3v) is 3.97. The predicted molar refractivity (Wildman–Crippen MR) is 84.1 cm³/mol. The number of hydrogen-bond acceptors (Lipinski definition) is 3. The van der Waals surface area contributed by atoms with Crippen LogP contribution in [0.4, 0.5) is 0 Å². The van der Waals surface area contributed by atoms with Crippen molar-refractivity contribution in [2.75, 3.05) is 26.2 Å². The van der Waals surface area contributed by atoms with Crippen molar-refractivity contribution in [2.24, 2.45) is 0 Å². The maximum Gasteiger partial charge on any atom is 0.234 e. The van der Waals surface area contributed by atoms with E-state index in [0.29, 0.717) is 13.1 Å². The number of rotatable bonds is 6. The van der Waals surface area contributed by atoms with Gasteiger partial charge in [-0.1, -0.05) is 24.3 Å². The smallest absolute Gasteiger partial charge is 0.234 e. The molecule has 1 heterocycles. The van der Waals surface area contributed by atoms with Crippen molar-refractivity contribution in [3.8, 4) is 0 Å². The second kappa shape index (κ2) is 8.15. The molecular formula is C17H26N2O2. The van der Waals surface area contributed by atoms with E-state index >= 15 is 0 Å². The molecule has 2 rings (SSSR count). The highest BCUT2D eigenvalue weighted by molar-refractivity contribution is 5.78. The fourth-order valence-electron chi connectivity index (χ4n) is 2.79. The van der Waals surface area contributed by atoms with Crippen molar-refractivity contribution in [3.05, 3.63) is 35.4 Å². The second-order valence-electron chi connectivity index (χ2n) is 5.66. The number of carbonyl (C=O) groups excluding carboxylic acids is 1. The first-order chi connectivity index (χ1) is 10.2. The highest BCUT2D eigenvalue weighted by Crippen LogP contribution is 2.12. The summed E-state index contributed by atoms with van der Waals surface area (Å²) in [4.78, 5) is 14.3. The molecular weight excluding hydrogens is 264 g/mol. The Labute approximate surface area is 127 Å². The normalized spacial score (nSPS) is 19.4. The average Bonchev–Trinajstić information content (AvgIpc) is 2.47. The number of amides is 1. The molecule has 1 aliphatic rings. The average molecular weight is 290 g/mol. The minimum absolute atomic E-state index is 0.0930. The Balaban J connectivity index is 1.75. The van der Waals surface area contributed by atoms with E-state index in [4.69, 9.17) is 4.74 Å². The van der Waals surface area contributed by atoms with Crippen molar-refractivity contribution in [2.45, 2.75) is 39.3 Å². The Bertz CT molecular complexity index is 460. The fourth-order valence-corrected chi connectivity index (χ4v) is 2.79. The summed E-state index contributed by atoms with van der Waals surface area (Å²) in [6.07, 6.45) is 2.50. The van der Waals surface area contributed by atoms with Crippen LogP contribution in [-0.2, 0) is 16.1 Å². The Morgan fingerprint density at radius 3 is 3.00 bits per heavy atom. The largest absolute Gasteiger partial charge is 0.377 e. The van der Waals surface area contributed by atoms with Crippen LogP contribution in [0.3, 0.4) is 0 Å². The van der Waals surface area contributed by atoms with E-state index in [-0.39, 0.29) is 12.0 Å². The standard InChI is InChI=1S/C17H26N2O2/c1-3-21-16-9-6-10-19(12-16)13-17(20)18-11-15-8-5-4-7-14(15)2/h4-5,7-8,16H,3,6,9-13H2,1-2H3,(H,18,20)/t16-/m1/s1. The Morgan fingerprint density at radius 2 is 2.24 bits per heavy atom. The van der Waals surface area contributed by atoms with Gasteiger partial charge in [0, 0.05) is 19.7 Å². The second-order valence-corrected chi connectivity index (χ2v) is 5.66. The zero-order chi connectivity index (χ0) is 15.1. The van der Waals surface area contributed by atoms with Crippen LogP contribution in [0.1, 0.15) is 30.9 Å². The molecule has 1 atom stereocenters. The van der Waals surface area contributed by atoms with Gasteiger partial charge in [0.2, 0.25) is 5.91 Å². The lowest BCUT2D eigenvalue weighted by Crippen LogP contribution is -2.44. The van der Waals surface area contributed by atoms with Gasteiger partial charge < -0.3 is 10.1 Å². The summed E-state index contributed by atoms with van der Waals surface area (Å²) in [5.41, 5.74) is 2.39. The molecule has 1 aromatic carbocycles. The van der Waals surface area contributed by atoms with Crippen molar-refractivity contribution in [1.29, 1.82) is 0 Å². The predicted octanol–water partition coefficient (Wildman–Crippen LogP) is 2.11. The Kier molecular flexibility index (Phi) is 6.21. The summed E-state index contributed by atoms with van der Waals surface area (Å²) in [5.74, 6) is 0.0930. The van der Waals surface area contributed by atoms with Crippen LogP contribution in [0.5, 0.6) is 0 Å². The van der Waals surface area contributed by atoms with E-state index in [1.165, 1.54) is 11.1 Å². The number of hydrogen-bond donors (Lipinski definition) is 1. The number of ether oxygens (including phenoxy) is 1. The van der Waals surface area contributed by atoms with Gasteiger partial charge in [0.25, 0.3) is 0 Å². The molecule has 0 unspecified atom stereocenters. The van der Waals surface area contributed by atoms with E-state index in [0.717, 1.165) is 32.5 Å². The van der Waals surface area contributed by atoms with Gasteiger partial charge in [-0.2, -0.15) is 0 Å². The molecule has 0 aromatic heterocycles. The molecule has 0 radical (unpaired) electrons. The molecule has 116 valence electrons. The van der Waals surface area contributed by atoms with Crippen LogP contribution in [0.25, 0.3) is 0 Å². The number of nitrogens with zero attached hydrogens (tertiary/aromatic N) is 1. The third kappa shape index (κ3) is 5.14. The van der Waals surface area contributed by atoms with Crippen LogP contribution < -0.4 is 5.32 Å². The van der Waals surface area contributed by atoms with Crippen LogP contribution in [-0.4, -0.2) is 43.2 Å². The lowest BCUT2D eigenvalue weighted by atomic mass is 10.1. The van der Waals surface area contributed by atoms with Crippen LogP contribution in [0, 0.1) is 6.92 Å². The van der Waals surface area contributed by atoms with Gasteiger partial charge in [0.15, 0.2) is 0 Å². The molecule has 1 aliphatic heterocycles. The summed E-state index contributed by atoms with van der Waals surface area (Å²) in [7, 11) is 0. The topological polar surface area (TPSA) is 41.6 Å². The van der Waals surface area contributed by atoms with E-state index in [9.17, 15) is 4.79 Å². The van der Waals surface area contributed by atoms with E-state index in [2.05, 4.69) is 29.3 Å². The molecule has 1 saturated heterocycles. The minimum atomic E-state index is 0.0930. The summed E-state index contributed by atoms with van der Waals surface area (Å²) in [6.45, 7) is 7.77. The SMILES string of the molecule is CCO[C@@H]1CCCN(CC(=O)NCc2ccccc2C)C1. The van der Waals surface area contributed by atoms with Crippen LogP contribution in [0.2, 0.25) is 0 Å². The summed E-state index contributed by atoms with van der Waals surface area (Å²) < 4.78 is 5.67. The molecule has 0 bridgehead atoms. The molecule has 1 fully saturated rings. The lowest BCUT2D eigenvalue weighted by molar-refractivity contribution is -0.123. The van der Waals surface area contributed by atoms with Crippen LogP contribution >= 0.6 is 0 Å². The van der Waals surface area contributed by atoms with Crippen molar-refractivity contribution in [3.63, 3.8) is 0 Å². The molecule has 1 N–H and O–H groups in total. The van der Waals surface area contributed by atoms with Gasteiger partial charge in [-0.25, -0.2) is 0 Å². The zero-order valence-electron chi connectivity index (χ0n) is 13.1. The molecule has 4 heteroatoms. The molecule has 4 nitrogen and oxygen atoms in total. The Morgan fingerprint density at radius 1 is 1.43 bits per heavy atom. The van der Waals surface area contributed by atoms with Gasteiger partial charge in [0.05, 0.1) is 12.6 Å². The highest BCUT2D eigenvalue weighted by Gasteiger charge is 2.21. The number of nitrogens with one attached hydrogen (secondary N) is 1.